The average Bonchev–Trinajstić information content (AvgIpc) is 2.46. The Kier molecular flexibility index (Phi) is 5.28. The van der Waals surface area contributed by atoms with Crippen LogP contribution in [-0.4, -0.2) is 30.3 Å². The zero-order chi connectivity index (χ0) is 14.8. The quantitative estimate of drug-likeness (QED) is 0.765. The van der Waals surface area contributed by atoms with Crippen LogP contribution in [0.2, 0.25) is 0 Å². The number of Topliss-reactive ketones (excluding diaryl/α,β-unsaturated/α-hetero) is 1. The molecule has 2 rings (SSSR count). The number of hydrogen-bond acceptors (Lipinski definition) is 2. The second-order valence-corrected chi connectivity index (χ2v) is 7.63. The molecule has 0 bridgehead atoms. The molecule has 4 atom stereocenters. The second-order valence-electron chi connectivity index (χ2n) is 7.63. The first-order valence-corrected chi connectivity index (χ1v) is 8.71. The van der Waals surface area contributed by atoms with Gasteiger partial charge < -0.3 is 0 Å². The molecule has 0 heterocycles. The SMILES string of the molecule is CCC1CCCC(C(=O)C2(N(C)C)CCCC(C)C2)C1. The van der Waals surface area contributed by atoms with E-state index in [1.54, 1.807) is 0 Å². The van der Waals surface area contributed by atoms with Gasteiger partial charge in [-0.15, -0.1) is 0 Å². The maximum atomic E-state index is 13.3. The third-order valence-corrected chi connectivity index (χ3v) is 6.02. The molecular weight excluding hydrogens is 246 g/mol. The number of carbonyl (C=O) groups is 1. The first-order chi connectivity index (χ1) is 9.49. The van der Waals surface area contributed by atoms with Crippen LogP contribution in [-0.2, 0) is 4.79 Å². The van der Waals surface area contributed by atoms with Crippen LogP contribution >= 0.6 is 0 Å². The van der Waals surface area contributed by atoms with Crippen molar-refractivity contribution in [3.8, 4) is 0 Å². The van der Waals surface area contributed by atoms with E-state index < -0.39 is 0 Å². The van der Waals surface area contributed by atoms with Crippen molar-refractivity contribution < 1.29 is 4.79 Å². The molecule has 0 N–H and O–H groups in total. The molecular formula is C18H33NO. The summed E-state index contributed by atoms with van der Waals surface area (Å²) >= 11 is 0. The lowest BCUT2D eigenvalue weighted by atomic mass is 9.66. The minimum atomic E-state index is -0.155. The van der Waals surface area contributed by atoms with E-state index in [9.17, 15) is 4.79 Å². The standard InChI is InChI=1S/C18H33NO/c1-5-15-9-6-10-16(12-15)17(20)18(19(3)4)11-7-8-14(2)13-18/h14-16H,5-13H2,1-4H3. The summed E-state index contributed by atoms with van der Waals surface area (Å²) < 4.78 is 0. The second kappa shape index (κ2) is 6.60. The maximum Gasteiger partial charge on any atom is 0.156 e. The van der Waals surface area contributed by atoms with Crippen molar-refractivity contribution in [1.29, 1.82) is 0 Å². The number of ketones is 1. The Morgan fingerprint density at radius 1 is 1.20 bits per heavy atom. The molecule has 2 heteroatoms. The fraction of sp³-hybridized carbons (Fsp3) is 0.944. The summed E-state index contributed by atoms with van der Waals surface area (Å²) in [5, 5.41) is 0. The first kappa shape index (κ1) is 16.0. The van der Waals surface area contributed by atoms with Crippen molar-refractivity contribution in [2.75, 3.05) is 14.1 Å². The van der Waals surface area contributed by atoms with Crippen molar-refractivity contribution in [3.05, 3.63) is 0 Å². The van der Waals surface area contributed by atoms with Gasteiger partial charge in [-0.3, -0.25) is 9.69 Å². The van der Waals surface area contributed by atoms with E-state index in [1.807, 2.05) is 0 Å². The summed E-state index contributed by atoms with van der Waals surface area (Å²) in [5.74, 6) is 2.40. The molecule has 0 radical (unpaired) electrons. The normalized spacial score (nSPS) is 39.0. The molecule has 0 aromatic heterocycles. The molecule has 2 nitrogen and oxygen atoms in total. The Hall–Kier alpha value is -0.370. The lowest BCUT2D eigenvalue weighted by Crippen LogP contribution is -2.56. The zero-order valence-electron chi connectivity index (χ0n) is 14.0. The molecule has 2 saturated carbocycles. The van der Waals surface area contributed by atoms with Crippen molar-refractivity contribution in [2.24, 2.45) is 17.8 Å². The highest BCUT2D eigenvalue weighted by molar-refractivity contribution is 5.90. The van der Waals surface area contributed by atoms with Gasteiger partial charge in [-0.1, -0.05) is 46.0 Å². The topological polar surface area (TPSA) is 20.3 Å². The minimum absolute atomic E-state index is 0.155. The first-order valence-electron chi connectivity index (χ1n) is 8.71. The van der Waals surface area contributed by atoms with Gasteiger partial charge in [0, 0.05) is 5.92 Å². The average molecular weight is 279 g/mol. The highest BCUT2D eigenvalue weighted by Crippen LogP contribution is 2.41. The van der Waals surface area contributed by atoms with Crippen LogP contribution in [0.15, 0.2) is 0 Å². The van der Waals surface area contributed by atoms with E-state index in [1.165, 1.54) is 32.1 Å². The van der Waals surface area contributed by atoms with Gasteiger partial charge >= 0.3 is 0 Å². The third-order valence-electron chi connectivity index (χ3n) is 6.02. The number of likely N-dealkylation sites (N-methyl/N-ethyl adjacent to an activating group) is 1. The van der Waals surface area contributed by atoms with Crippen molar-refractivity contribution >= 4 is 5.78 Å². The molecule has 116 valence electrons. The Morgan fingerprint density at radius 3 is 2.55 bits per heavy atom. The number of carbonyl (C=O) groups excluding carboxylic acids is 1. The Labute approximate surface area is 125 Å². The van der Waals surface area contributed by atoms with Gasteiger partial charge in [0.2, 0.25) is 0 Å². The fourth-order valence-electron chi connectivity index (χ4n) is 4.65. The van der Waals surface area contributed by atoms with Gasteiger partial charge in [0.15, 0.2) is 5.78 Å². The summed E-state index contributed by atoms with van der Waals surface area (Å²) in [6, 6.07) is 0. The van der Waals surface area contributed by atoms with E-state index in [2.05, 4.69) is 32.8 Å². The van der Waals surface area contributed by atoms with E-state index in [4.69, 9.17) is 0 Å². The maximum absolute atomic E-state index is 13.3. The van der Waals surface area contributed by atoms with E-state index in [-0.39, 0.29) is 5.54 Å². The molecule has 0 aliphatic heterocycles. The number of hydrogen-bond donors (Lipinski definition) is 0. The molecule has 2 aliphatic carbocycles. The van der Waals surface area contributed by atoms with Crippen LogP contribution in [0.5, 0.6) is 0 Å². The van der Waals surface area contributed by atoms with Crippen molar-refractivity contribution in [2.45, 2.75) is 77.2 Å². The van der Waals surface area contributed by atoms with E-state index >= 15 is 0 Å². The molecule has 0 aromatic carbocycles. The molecule has 0 aromatic rings. The van der Waals surface area contributed by atoms with Crippen molar-refractivity contribution in [1.82, 2.24) is 4.90 Å². The predicted molar refractivity (Wildman–Crippen MR) is 84.8 cm³/mol. The van der Waals surface area contributed by atoms with E-state index in [0.717, 1.165) is 31.6 Å². The monoisotopic (exact) mass is 279 g/mol. The molecule has 0 spiro atoms. The number of rotatable bonds is 4. The van der Waals surface area contributed by atoms with Crippen molar-refractivity contribution in [3.63, 3.8) is 0 Å². The molecule has 2 fully saturated rings. The lowest BCUT2D eigenvalue weighted by Gasteiger charge is -2.46. The zero-order valence-corrected chi connectivity index (χ0v) is 14.0. The van der Waals surface area contributed by atoms with Gasteiger partial charge in [-0.25, -0.2) is 0 Å². The molecule has 20 heavy (non-hydrogen) atoms. The summed E-state index contributed by atoms with van der Waals surface area (Å²) in [5.41, 5.74) is -0.155. The largest absolute Gasteiger partial charge is 0.297 e. The Morgan fingerprint density at radius 2 is 1.95 bits per heavy atom. The van der Waals surface area contributed by atoms with Gasteiger partial charge in [0.1, 0.15) is 0 Å². The predicted octanol–water partition coefficient (Wildman–Crippen LogP) is 4.28. The van der Waals surface area contributed by atoms with Gasteiger partial charge in [-0.2, -0.15) is 0 Å². The van der Waals surface area contributed by atoms with Gasteiger partial charge in [0.25, 0.3) is 0 Å². The molecule has 0 amide bonds. The smallest absolute Gasteiger partial charge is 0.156 e. The Balaban J connectivity index is 2.14. The lowest BCUT2D eigenvalue weighted by molar-refractivity contribution is -0.138. The molecule has 0 saturated heterocycles. The van der Waals surface area contributed by atoms with Crippen LogP contribution in [0.3, 0.4) is 0 Å². The van der Waals surface area contributed by atoms with Crippen LogP contribution in [0.25, 0.3) is 0 Å². The Bertz CT molecular complexity index is 338. The van der Waals surface area contributed by atoms with Crippen LogP contribution in [0.4, 0.5) is 0 Å². The minimum Gasteiger partial charge on any atom is -0.297 e. The van der Waals surface area contributed by atoms with Crippen LogP contribution in [0, 0.1) is 17.8 Å². The van der Waals surface area contributed by atoms with Gasteiger partial charge in [0.05, 0.1) is 5.54 Å². The summed E-state index contributed by atoms with van der Waals surface area (Å²) in [6.45, 7) is 4.60. The molecule has 4 unspecified atom stereocenters. The van der Waals surface area contributed by atoms with Crippen LogP contribution in [0.1, 0.15) is 71.6 Å². The highest BCUT2D eigenvalue weighted by Gasteiger charge is 2.46. The summed E-state index contributed by atoms with van der Waals surface area (Å²) in [4.78, 5) is 15.5. The highest BCUT2D eigenvalue weighted by atomic mass is 16.1. The number of nitrogens with zero attached hydrogens (tertiary/aromatic N) is 1. The van der Waals surface area contributed by atoms with Crippen LogP contribution < -0.4 is 0 Å². The summed E-state index contributed by atoms with van der Waals surface area (Å²) in [7, 11) is 4.24. The van der Waals surface area contributed by atoms with E-state index in [0.29, 0.717) is 17.6 Å². The fourth-order valence-corrected chi connectivity index (χ4v) is 4.65. The summed E-state index contributed by atoms with van der Waals surface area (Å²) in [6.07, 6.45) is 10.8. The van der Waals surface area contributed by atoms with Gasteiger partial charge in [-0.05, 0) is 51.6 Å². The molecule has 2 aliphatic rings. The third kappa shape index (κ3) is 3.10.